The van der Waals surface area contributed by atoms with Gasteiger partial charge in [0.15, 0.2) is 0 Å². The highest BCUT2D eigenvalue weighted by Gasteiger charge is 2.23. The van der Waals surface area contributed by atoms with E-state index in [1.165, 1.54) is 12.1 Å². The normalized spacial score (nSPS) is 18.9. The van der Waals surface area contributed by atoms with E-state index in [0.717, 1.165) is 17.9 Å². The standard InChI is InChI=1S/C12H13NO3S/c14-11(9-4-5-17-7-9)13-10-3-1-2-8(6-10)12(15)16/h1-3,6,9H,4-5,7H2,(H,13,14)(H,15,16). The Balaban J connectivity index is 2.05. The predicted molar refractivity (Wildman–Crippen MR) is 67.5 cm³/mol. The van der Waals surface area contributed by atoms with Crippen LogP contribution in [-0.2, 0) is 4.79 Å². The van der Waals surface area contributed by atoms with Gasteiger partial charge in [0.1, 0.15) is 0 Å². The molecule has 1 aromatic rings. The summed E-state index contributed by atoms with van der Waals surface area (Å²) in [5.74, 6) is 0.918. The molecule has 2 N–H and O–H groups in total. The maximum atomic E-state index is 11.8. The first kappa shape index (κ1) is 12.0. The van der Waals surface area contributed by atoms with Gasteiger partial charge in [-0.05, 0) is 30.4 Å². The lowest BCUT2D eigenvalue weighted by Gasteiger charge is -2.10. The lowest BCUT2D eigenvalue weighted by atomic mass is 10.1. The molecule has 1 amide bonds. The Morgan fingerprint density at radius 1 is 1.41 bits per heavy atom. The van der Waals surface area contributed by atoms with Crippen LogP contribution in [0.25, 0.3) is 0 Å². The van der Waals surface area contributed by atoms with E-state index in [0.29, 0.717) is 5.69 Å². The molecule has 1 aromatic carbocycles. The highest BCUT2D eigenvalue weighted by molar-refractivity contribution is 7.99. The number of rotatable bonds is 3. The van der Waals surface area contributed by atoms with Crippen molar-refractivity contribution in [3.05, 3.63) is 29.8 Å². The first-order valence-corrected chi connectivity index (χ1v) is 6.54. The summed E-state index contributed by atoms with van der Waals surface area (Å²) in [7, 11) is 0. The second-order valence-electron chi connectivity index (χ2n) is 3.94. The molecule has 1 fully saturated rings. The van der Waals surface area contributed by atoms with Crippen molar-refractivity contribution in [3.63, 3.8) is 0 Å². The first-order chi connectivity index (χ1) is 8.16. The van der Waals surface area contributed by atoms with Crippen molar-refractivity contribution < 1.29 is 14.7 Å². The third-order valence-electron chi connectivity index (χ3n) is 2.68. The zero-order chi connectivity index (χ0) is 12.3. The number of hydrogen-bond acceptors (Lipinski definition) is 3. The molecule has 0 radical (unpaired) electrons. The summed E-state index contributed by atoms with van der Waals surface area (Å²) in [6.07, 6.45) is 0.898. The lowest BCUT2D eigenvalue weighted by molar-refractivity contribution is -0.119. The number of thioether (sulfide) groups is 1. The Labute approximate surface area is 103 Å². The molecule has 1 aliphatic rings. The van der Waals surface area contributed by atoms with Crippen LogP contribution >= 0.6 is 11.8 Å². The molecule has 1 unspecified atom stereocenters. The Morgan fingerprint density at radius 3 is 2.88 bits per heavy atom. The first-order valence-electron chi connectivity index (χ1n) is 5.39. The average molecular weight is 251 g/mol. The van der Waals surface area contributed by atoms with E-state index in [2.05, 4.69) is 5.32 Å². The quantitative estimate of drug-likeness (QED) is 0.863. The van der Waals surface area contributed by atoms with Crippen LogP contribution in [0.4, 0.5) is 5.69 Å². The number of nitrogens with one attached hydrogen (secondary N) is 1. The molecule has 0 bridgehead atoms. The molecule has 4 nitrogen and oxygen atoms in total. The van der Waals surface area contributed by atoms with Crippen LogP contribution in [0.2, 0.25) is 0 Å². The summed E-state index contributed by atoms with van der Waals surface area (Å²) in [5.41, 5.74) is 0.732. The zero-order valence-corrected chi connectivity index (χ0v) is 10.00. The maximum absolute atomic E-state index is 11.8. The molecule has 2 rings (SSSR count). The van der Waals surface area contributed by atoms with Crippen LogP contribution in [0.5, 0.6) is 0 Å². The molecular formula is C12H13NO3S. The minimum Gasteiger partial charge on any atom is -0.478 e. The van der Waals surface area contributed by atoms with Crippen molar-refractivity contribution in [3.8, 4) is 0 Å². The molecule has 0 aromatic heterocycles. The van der Waals surface area contributed by atoms with Gasteiger partial charge in [-0.15, -0.1) is 0 Å². The van der Waals surface area contributed by atoms with Crippen LogP contribution < -0.4 is 5.32 Å². The number of carbonyl (C=O) groups excluding carboxylic acids is 1. The molecule has 1 saturated heterocycles. The number of carboxylic acids is 1. The van der Waals surface area contributed by atoms with Crippen molar-refractivity contribution in [1.29, 1.82) is 0 Å². The lowest BCUT2D eigenvalue weighted by Crippen LogP contribution is -2.22. The van der Waals surface area contributed by atoms with Gasteiger partial charge < -0.3 is 10.4 Å². The van der Waals surface area contributed by atoms with E-state index in [-0.39, 0.29) is 17.4 Å². The van der Waals surface area contributed by atoms with Crippen LogP contribution in [0.3, 0.4) is 0 Å². The van der Waals surface area contributed by atoms with Crippen LogP contribution in [0.15, 0.2) is 24.3 Å². The molecule has 90 valence electrons. The number of carboxylic acid groups (broad SMARTS) is 1. The Hall–Kier alpha value is -1.49. The number of aromatic carboxylic acids is 1. The Bertz CT molecular complexity index is 441. The van der Waals surface area contributed by atoms with E-state index in [9.17, 15) is 9.59 Å². The average Bonchev–Trinajstić information content (AvgIpc) is 2.82. The molecule has 0 aliphatic carbocycles. The topological polar surface area (TPSA) is 66.4 Å². The number of anilines is 1. The van der Waals surface area contributed by atoms with Crippen molar-refractivity contribution in [2.45, 2.75) is 6.42 Å². The van der Waals surface area contributed by atoms with Crippen molar-refractivity contribution in [1.82, 2.24) is 0 Å². The van der Waals surface area contributed by atoms with Crippen LogP contribution in [0, 0.1) is 5.92 Å². The van der Waals surface area contributed by atoms with Gasteiger partial charge in [0.05, 0.1) is 5.56 Å². The summed E-state index contributed by atoms with van der Waals surface area (Å²) in [4.78, 5) is 22.6. The smallest absolute Gasteiger partial charge is 0.335 e. The van der Waals surface area contributed by atoms with Gasteiger partial charge in [-0.2, -0.15) is 11.8 Å². The molecule has 1 heterocycles. The highest BCUT2D eigenvalue weighted by Crippen LogP contribution is 2.24. The third-order valence-corrected chi connectivity index (χ3v) is 3.84. The van der Waals surface area contributed by atoms with Crippen LogP contribution in [-0.4, -0.2) is 28.5 Å². The molecule has 1 atom stereocenters. The predicted octanol–water partition coefficient (Wildman–Crippen LogP) is 2.08. The van der Waals surface area contributed by atoms with Gasteiger partial charge in [0.25, 0.3) is 0 Å². The van der Waals surface area contributed by atoms with E-state index < -0.39 is 5.97 Å². The fourth-order valence-corrected chi connectivity index (χ4v) is 2.94. The van der Waals surface area contributed by atoms with E-state index in [1.54, 1.807) is 23.9 Å². The van der Waals surface area contributed by atoms with Gasteiger partial charge in [0, 0.05) is 17.4 Å². The summed E-state index contributed by atoms with van der Waals surface area (Å²) < 4.78 is 0. The van der Waals surface area contributed by atoms with Gasteiger partial charge in [-0.25, -0.2) is 4.79 Å². The molecule has 17 heavy (non-hydrogen) atoms. The molecular weight excluding hydrogens is 238 g/mol. The van der Waals surface area contributed by atoms with Crippen LogP contribution in [0.1, 0.15) is 16.8 Å². The second kappa shape index (κ2) is 5.23. The molecule has 0 spiro atoms. The minimum atomic E-state index is -0.988. The van der Waals surface area contributed by atoms with E-state index in [4.69, 9.17) is 5.11 Å². The summed E-state index contributed by atoms with van der Waals surface area (Å²) in [6.45, 7) is 0. The van der Waals surface area contributed by atoms with E-state index in [1.807, 2.05) is 0 Å². The van der Waals surface area contributed by atoms with E-state index >= 15 is 0 Å². The maximum Gasteiger partial charge on any atom is 0.335 e. The second-order valence-corrected chi connectivity index (χ2v) is 5.09. The van der Waals surface area contributed by atoms with Crippen molar-refractivity contribution in [2.24, 2.45) is 5.92 Å². The minimum absolute atomic E-state index is 0.0162. The highest BCUT2D eigenvalue weighted by atomic mass is 32.2. The van der Waals surface area contributed by atoms with Gasteiger partial charge >= 0.3 is 5.97 Å². The number of amides is 1. The fourth-order valence-electron chi connectivity index (χ4n) is 1.72. The molecule has 5 heteroatoms. The van der Waals surface area contributed by atoms with Gasteiger partial charge in [0.2, 0.25) is 5.91 Å². The number of benzene rings is 1. The summed E-state index contributed by atoms with van der Waals surface area (Å²) in [6, 6.07) is 6.31. The number of carbonyl (C=O) groups is 2. The summed E-state index contributed by atoms with van der Waals surface area (Å²) >= 11 is 1.77. The van der Waals surface area contributed by atoms with Gasteiger partial charge in [-0.1, -0.05) is 6.07 Å². The fraction of sp³-hybridized carbons (Fsp3) is 0.333. The van der Waals surface area contributed by atoms with Crippen molar-refractivity contribution in [2.75, 3.05) is 16.8 Å². The van der Waals surface area contributed by atoms with Gasteiger partial charge in [-0.3, -0.25) is 4.79 Å². The Morgan fingerprint density at radius 2 is 2.24 bits per heavy atom. The molecule has 1 aliphatic heterocycles. The zero-order valence-electron chi connectivity index (χ0n) is 9.18. The Kier molecular flexibility index (Phi) is 3.68. The van der Waals surface area contributed by atoms with Crippen molar-refractivity contribution >= 4 is 29.3 Å². The summed E-state index contributed by atoms with van der Waals surface area (Å²) in [5, 5.41) is 11.6. The molecule has 0 saturated carbocycles. The largest absolute Gasteiger partial charge is 0.478 e. The number of hydrogen-bond donors (Lipinski definition) is 2. The SMILES string of the molecule is O=C(O)c1cccc(NC(=O)C2CCSC2)c1. The third kappa shape index (κ3) is 3.00. The monoisotopic (exact) mass is 251 g/mol.